The number of halogens is 1. The van der Waals surface area contributed by atoms with Gasteiger partial charge in [-0.3, -0.25) is 14.3 Å². The van der Waals surface area contributed by atoms with Crippen molar-refractivity contribution in [1.29, 1.82) is 0 Å². The van der Waals surface area contributed by atoms with Crippen molar-refractivity contribution < 1.29 is 9.18 Å². The first kappa shape index (κ1) is 20.8. The lowest BCUT2D eigenvalue weighted by Gasteiger charge is -2.55. The molecule has 0 radical (unpaired) electrons. The Morgan fingerprint density at radius 1 is 1.09 bits per heavy atom. The van der Waals surface area contributed by atoms with Gasteiger partial charge in [-0.2, -0.15) is 4.98 Å². The van der Waals surface area contributed by atoms with Gasteiger partial charge in [0.25, 0.3) is 5.91 Å². The van der Waals surface area contributed by atoms with E-state index in [4.69, 9.17) is 4.98 Å². The smallest absolute Gasteiger partial charge is 0.257 e. The van der Waals surface area contributed by atoms with Crippen molar-refractivity contribution in [3.8, 4) is 17.3 Å². The maximum Gasteiger partial charge on any atom is 0.257 e. The van der Waals surface area contributed by atoms with Crippen molar-refractivity contribution in [3.63, 3.8) is 0 Å². The molecule has 1 aromatic carbocycles. The molecule has 1 fully saturated rings. The Bertz CT molecular complexity index is 1250. The van der Waals surface area contributed by atoms with E-state index in [0.717, 1.165) is 12.0 Å². The van der Waals surface area contributed by atoms with Crippen molar-refractivity contribution in [1.82, 2.24) is 19.5 Å². The Kier molecular flexibility index (Phi) is 4.92. The molecule has 3 aromatic rings. The molecule has 0 bridgehead atoms. The van der Waals surface area contributed by atoms with Crippen molar-refractivity contribution in [3.05, 3.63) is 86.8 Å². The lowest BCUT2D eigenvalue weighted by atomic mass is 9.72. The van der Waals surface area contributed by atoms with E-state index in [0.29, 0.717) is 36.1 Å². The zero-order valence-electron chi connectivity index (χ0n) is 18.1. The van der Waals surface area contributed by atoms with Crippen molar-refractivity contribution in [2.24, 2.45) is 0 Å². The Morgan fingerprint density at radius 3 is 2.42 bits per heavy atom. The van der Waals surface area contributed by atoms with E-state index in [1.54, 1.807) is 47.4 Å². The highest BCUT2D eigenvalue weighted by Gasteiger charge is 2.56. The first-order chi connectivity index (χ1) is 16.0. The summed E-state index contributed by atoms with van der Waals surface area (Å²) in [5.74, 6) is 1.20. The quantitative estimate of drug-likeness (QED) is 0.529. The van der Waals surface area contributed by atoms with Crippen LogP contribution in [0.25, 0.3) is 17.3 Å². The van der Waals surface area contributed by atoms with E-state index in [1.165, 1.54) is 23.2 Å². The third-order valence-electron chi connectivity index (χ3n) is 6.41. The van der Waals surface area contributed by atoms with Gasteiger partial charge in [-0.25, -0.2) is 14.4 Å². The van der Waals surface area contributed by atoms with Gasteiger partial charge in [0.15, 0.2) is 5.82 Å². The zero-order valence-corrected chi connectivity index (χ0v) is 18.1. The van der Waals surface area contributed by atoms with Crippen LogP contribution >= 0.6 is 0 Å². The number of benzene rings is 1. The Hall–Kier alpha value is -4.07. The number of anilines is 2. The lowest BCUT2D eigenvalue weighted by Crippen LogP contribution is -2.68. The van der Waals surface area contributed by atoms with Gasteiger partial charge in [0.05, 0.1) is 12.2 Å². The van der Waals surface area contributed by atoms with Gasteiger partial charge in [0.2, 0.25) is 5.95 Å². The zero-order chi connectivity index (χ0) is 23.2. The van der Waals surface area contributed by atoms with Crippen LogP contribution in [-0.2, 0) is 4.79 Å². The molecule has 166 valence electrons. The molecule has 0 unspecified atom stereocenters. The van der Waals surface area contributed by atoms with Crippen LogP contribution in [0, 0.1) is 5.82 Å². The fourth-order valence-corrected chi connectivity index (χ4v) is 4.62. The summed E-state index contributed by atoms with van der Waals surface area (Å²) in [6, 6.07) is 5.80. The number of carbonyl (C=O) groups is 1. The molecule has 0 saturated heterocycles. The molecule has 2 aliphatic rings. The number of rotatable bonds is 6. The van der Waals surface area contributed by atoms with E-state index in [2.05, 4.69) is 29.7 Å². The molecule has 1 aliphatic carbocycles. The normalized spacial score (nSPS) is 16.5. The summed E-state index contributed by atoms with van der Waals surface area (Å²) in [6.45, 7) is 11.8. The molecule has 1 spiro atoms. The number of amides is 1. The standard InChI is InChI=1S/C25H23FN6O/c1-4-19(5-2)32-22-20(30(6-3)23(33)25(32)12-7-13-25)16-28-24(29-22)31-15-14-27-21(31)17-8-10-18(26)11-9-17/h4-6,8-11,14-16,19H,1-3,7,12-13H2. The molecule has 0 atom stereocenters. The minimum absolute atomic E-state index is 0.0454. The van der Waals surface area contributed by atoms with E-state index in [9.17, 15) is 9.18 Å². The molecule has 3 heterocycles. The molecule has 1 amide bonds. The summed E-state index contributed by atoms with van der Waals surface area (Å²) in [7, 11) is 0. The SMILES string of the molecule is C=CC(C=C)N1c2nc(-n3ccnc3-c3ccc(F)cc3)ncc2N(C=C)C(=O)C12CCC2. The van der Waals surface area contributed by atoms with Crippen LogP contribution in [0.1, 0.15) is 19.3 Å². The average molecular weight is 442 g/mol. The molecular weight excluding hydrogens is 419 g/mol. The average Bonchev–Trinajstić information content (AvgIpc) is 3.29. The third-order valence-corrected chi connectivity index (χ3v) is 6.41. The molecule has 8 heteroatoms. The van der Waals surface area contributed by atoms with E-state index in [1.807, 2.05) is 4.90 Å². The van der Waals surface area contributed by atoms with Crippen LogP contribution in [0.4, 0.5) is 15.9 Å². The third kappa shape index (κ3) is 3.01. The van der Waals surface area contributed by atoms with Crippen molar-refractivity contribution in [2.45, 2.75) is 30.8 Å². The van der Waals surface area contributed by atoms with Gasteiger partial charge in [0, 0.05) is 24.2 Å². The molecule has 1 saturated carbocycles. The summed E-state index contributed by atoms with van der Waals surface area (Å²) in [4.78, 5) is 30.9. The molecule has 33 heavy (non-hydrogen) atoms. The highest BCUT2D eigenvalue weighted by molar-refractivity contribution is 6.09. The van der Waals surface area contributed by atoms with Gasteiger partial charge < -0.3 is 4.90 Å². The fraction of sp³-hybridized carbons (Fsp3) is 0.200. The summed E-state index contributed by atoms with van der Waals surface area (Å²) in [6.07, 6.45) is 12.4. The second kappa shape index (κ2) is 7.81. The highest BCUT2D eigenvalue weighted by atomic mass is 19.1. The predicted octanol–water partition coefficient (Wildman–Crippen LogP) is 4.43. The van der Waals surface area contributed by atoms with E-state index >= 15 is 0 Å². The van der Waals surface area contributed by atoms with Gasteiger partial charge in [0.1, 0.15) is 22.9 Å². The largest absolute Gasteiger partial charge is 0.330 e. The van der Waals surface area contributed by atoms with Crippen LogP contribution in [0.3, 0.4) is 0 Å². The number of aromatic nitrogens is 4. The Labute approximate surface area is 191 Å². The number of nitrogens with zero attached hydrogens (tertiary/aromatic N) is 6. The van der Waals surface area contributed by atoms with E-state index in [-0.39, 0.29) is 17.8 Å². The van der Waals surface area contributed by atoms with Crippen molar-refractivity contribution in [2.75, 3.05) is 9.80 Å². The lowest BCUT2D eigenvalue weighted by molar-refractivity contribution is -0.126. The topological polar surface area (TPSA) is 67.2 Å². The summed E-state index contributed by atoms with van der Waals surface area (Å²) < 4.78 is 15.2. The second-order valence-electron chi connectivity index (χ2n) is 8.08. The first-order valence-corrected chi connectivity index (χ1v) is 10.7. The van der Waals surface area contributed by atoms with E-state index < -0.39 is 5.54 Å². The second-order valence-corrected chi connectivity index (χ2v) is 8.08. The minimum atomic E-state index is -0.728. The molecule has 2 aromatic heterocycles. The van der Waals surface area contributed by atoms with Crippen LogP contribution < -0.4 is 9.80 Å². The molecule has 5 rings (SSSR count). The minimum Gasteiger partial charge on any atom is -0.330 e. The summed E-state index contributed by atoms with van der Waals surface area (Å²) in [5, 5.41) is 0. The monoisotopic (exact) mass is 442 g/mol. The fourth-order valence-electron chi connectivity index (χ4n) is 4.62. The number of carbonyl (C=O) groups excluding carboxylic acids is 1. The number of fused-ring (bicyclic) bond motifs is 1. The van der Waals surface area contributed by atoms with Crippen LogP contribution in [0.5, 0.6) is 0 Å². The van der Waals surface area contributed by atoms with Crippen LogP contribution in [-0.4, -0.2) is 37.0 Å². The highest BCUT2D eigenvalue weighted by Crippen LogP contribution is 2.49. The Balaban J connectivity index is 1.69. The van der Waals surface area contributed by atoms with Crippen molar-refractivity contribution >= 4 is 17.4 Å². The number of hydrogen-bond donors (Lipinski definition) is 0. The Morgan fingerprint density at radius 2 is 1.82 bits per heavy atom. The molecule has 0 N–H and O–H groups in total. The maximum atomic E-state index is 13.5. The first-order valence-electron chi connectivity index (χ1n) is 10.7. The molecule has 1 aliphatic heterocycles. The van der Waals surface area contributed by atoms with Gasteiger partial charge >= 0.3 is 0 Å². The number of imidazole rings is 1. The van der Waals surface area contributed by atoms with Crippen LogP contribution in [0.15, 0.2) is 80.9 Å². The predicted molar refractivity (Wildman–Crippen MR) is 125 cm³/mol. The van der Waals surface area contributed by atoms with Gasteiger partial charge in [-0.1, -0.05) is 18.7 Å². The van der Waals surface area contributed by atoms with Gasteiger partial charge in [-0.15, -0.1) is 13.2 Å². The number of hydrogen-bond acceptors (Lipinski definition) is 5. The van der Waals surface area contributed by atoms with Crippen LogP contribution in [0.2, 0.25) is 0 Å². The van der Waals surface area contributed by atoms with Gasteiger partial charge in [-0.05, 0) is 43.5 Å². The summed E-state index contributed by atoms with van der Waals surface area (Å²) >= 11 is 0. The molecular formula is C25H23FN6O. The molecule has 7 nitrogen and oxygen atoms in total. The summed E-state index contributed by atoms with van der Waals surface area (Å²) in [5.41, 5.74) is 0.551. The maximum absolute atomic E-state index is 13.5.